The highest BCUT2D eigenvalue weighted by Gasteiger charge is 2.14. The van der Waals surface area contributed by atoms with E-state index in [2.05, 4.69) is 0 Å². The summed E-state index contributed by atoms with van der Waals surface area (Å²) in [5.41, 5.74) is -0.612. The molecule has 0 saturated carbocycles. The van der Waals surface area contributed by atoms with Crippen LogP contribution >= 0.6 is 0 Å². The van der Waals surface area contributed by atoms with Crippen LogP contribution in [-0.2, 0) is 11.2 Å². The van der Waals surface area contributed by atoms with Gasteiger partial charge in [0.2, 0.25) is 0 Å². The molecule has 4 nitrogen and oxygen atoms in total. The normalized spacial score (nSPS) is 10.6. The van der Waals surface area contributed by atoms with Crippen LogP contribution in [0.1, 0.15) is 22.3 Å². The number of carboxylic acid groups (broad SMARTS) is 1. The summed E-state index contributed by atoms with van der Waals surface area (Å²) in [6.45, 7) is 0.420. The summed E-state index contributed by atoms with van der Waals surface area (Å²) in [7, 11) is 0. The topological polar surface area (TPSA) is 66.8 Å². The van der Waals surface area contributed by atoms with Gasteiger partial charge in [-0.15, -0.1) is 0 Å². The maximum atomic E-state index is 13.4. The first-order valence-electron chi connectivity index (χ1n) is 5.46. The molecule has 0 bridgehead atoms. The molecule has 1 aromatic carbocycles. The van der Waals surface area contributed by atoms with Crippen molar-refractivity contribution in [3.63, 3.8) is 0 Å². The van der Waals surface area contributed by atoms with Gasteiger partial charge in [-0.25, -0.2) is 13.6 Å². The predicted molar refractivity (Wildman–Crippen MR) is 59.5 cm³/mol. The van der Waals surface area contributed by atoms with Crippen LogP contribution in [0.5, 0.6) is 0 Å². The van der Waals surface area contributed by atoms with Gasteiger partial charge < -0.3 is 14.9 Å². The minimum Gasteiger partial charge on any atom is -0.478 e. The molecule has 6 heteroatoms. The van der Waals surface area contributed by atoms with Gasteiger partial charge in [-0.05, 0) is 18.6 Å². The Hall–Kier alpha value is -1.53. The first-order chi connectivity index (χ1) is 8.56. The average molecular weight is 260 g/mol. The molecule has 0 aliphatic heterocycles. The van der Waals surface area contributed by atoms with E-state index in [9.17, 15) is 13.6 Å². The molecule has 0 spiro atoms. The van der Waals surface area contributed by atoms with Gasteiger partial charge in [-0.3, -0.25) is 0 Å². The second-order valence-corrected chi connectivity index (χ2v) is 3.66. The number of halogens is 2. The van der Waals surface area contributed by atoms with E-state index in [-0.39, 0.29) is 25.2 Å². The molecule has 0 heterocycles. The van der Waals surface area contributed by atoms with E-state index in [0.717, 1.165) is 12.1 Å². The lowest BCUT2D eigenvalue weighted by Crippen LogP contribution is -2.07. The zero-order valence-electron chi connectivity index (χ0n) is 9.66. The number of rotatable bonds is 7. The molecule has 1 rings (SSSR count). The van der Waals surface area contributed by atoms with E-state index >= 15 is 0 Å². The number of carbonyl (C=O) groups is 1. The maximum Gasteiger partial charge on any atom is 0.335 e. The summed E-state index contributed by atoms with van der Waals surface area (Å²) in [4.78, 5) is 10.6. The largest absolute Gasteiger partial charge is 0.478 e. The summed E-state index contributed by atoms with van der Waals surface area (Å²) in [6, 6.07) is 1.57. The molecule has 0 aliphatic rings. The Morgan fingerprint density at radius 3 is 2.33 bits per heavy atom. The lowest BCUT2D eigenvalue weighted by Gasteiger charge is -2.07. The van der Waals surface area contributed by atoms with Crippen molar-refractivity contribution >= 4 is 5.97 Å². The van der Waals surface area contributed by atoms with Gasteiger partial charge in [0.05, 0.1) is 12.2 Å². The highest BCUT2D eigenvalue weighted by Crippen LogP contribution is 2.16. The van der Waals surface area contributed by atoms with Crippen molar-refractivity contribution in [1.29, 1.82) is 0 Å². The van der Waals surface area contributed by atoms with Crippen molar-refractivity contribution in [2.24, 2.45) is 0 Å². The molecule has 0 aliphatic carbocycles. The Bertz CT molecular complexity index is 398. The first-order valence-corrected chi connectivity index (χ1v) is 5.46. The first kappa shape index (κ1) is 14.5. The van der Waals surface area contributed by atoms with E-state index in [1.807, 2.05) is 0 Å². The molecule has 0 fully saturated rings. The Morgan fingerprint density at radius 2 is 1.83 bits per heavy atom. The molecule has 0 saturated heterocycles. The molecule has 0 aromatic heterocycles. The van der Waals surface area contributed by atoms with Crippen molar-refractivity contribution in [3.05, 3.63) is 34.9 Å². The van der Waals surface area contributed by atoms with Gasteiger partial charge in [0.1, 0.15) is 11.6 Å². The molecule has 0 unspecified atom stereocenters. The van der Waals surface area contributed by atoms with Gasteiger partial charge in [0, 0.05) is 25.2 Å². The molecular formula is C12H14F2O4. The number of hydrogen-bond acceptors (Lipinski definition) is 3. The molecule has 1 aromatic rings. The maximum absolute atomic E-state index is 13.4. The molecule has 18 heavy (non-hydrogen) atoms. The Kier molecular flexibility index (Phi) is 5.67. The smallest absolute Gasteiger partial charge is 0.335 e. The van der Waals surface area contributed by atoms with Gasteiger partial charge >= 0.3 is 5.97 Å². The average Bonchev–Trinajstić information content (AvgIpc) is 2.31. The van der Waals surface area contributed by atoms with Crippen molar-refractivity contribution in [2.75, 3.05) is 19.8 Å². The number of aromatic carboxylic acids is 1. The zero-order valence-corrected chi connectivity index (χ0v) is 9.66. The van der Waals surface area contributed by atoms with Gasteiger partial charge in [-0.1, -0.05) is 0 Å². The fraction of sp³-hybridized carbons (Fsp3) is 0.417. The summed E-state index contributed by atoms with van der Waals surface area (Å²) in [5.74, 6) is -3.16. The van der Waals surface area contributed by atoms with E-state index < -0.39 is 23.2 Å². The van der Waals surface area contributed by atoms with E-state index in [4.69, 9.17) is 14.9 Å². The van der Waals surface area contributed by atoms with Gasteiger partial charge in [0.25, 0.3) is 0 Å². The van der Waals surface area contributed by atoms with Crippen molar-refractivity contribution in [2.45, 2.75) is 12.8 Å². The van der Waals surface area contributed by atoms with E-state index in [1.54, 1.807) is 0 Å². The zero-order chi connectivity index (χ0) is 13.5. The number of aliphatic hydroxyl groups excluding tert-OH is 1. The Labute approximate surface area is 103 Å². The lowest BCUT2D eigenvalue weighted by molar-refractivity contribution is 0.0695. The van der Waals surface area contributed by atoms with Crippen molar-refractivity contribution in [1.82, 2.24) is 0 Å². The van der Waals surface area contributed by atoms with E-state index in [0.29, 0.717) is 13.0 Å². The quantitative estimate of drug-likeness (QED) is 0.731. The van der Waals surface area contributed by atoms with Crippen LogP contribution in [0, 0.1) is 11.6 Å². The van der Waals surface area contributed by atoms with Crippen LogP contribution < -0.4 is 0 Å². The Morgan fingerprint density at radius 1 is 1.22 bits per heavy atom. The highest BCUT2D eigenvalue weighted by atomic mass is 19.1. The van der Waals surface area contributed by atoms with Crippen molar-refractivity contribution < 1.29 is 28.5 Å². The third-order valence-corrected chi connectivity index (χ3v) is 2.33. The summed E-state index contributed by atoms with van der Waals surface area (Å²) >= 11 is 0. The lowest BCUT2D eigenvalue weighted by atomic mass is 10.1. The van der Waals surface area contributed by atoms with E-state index in [1.165, 1.54) is 0 Å². The van der Waals surface area contributed by atoms with Gasteiger partial charge in [-0.2, -0.15) is 0 Å². The van der Waals surface area contributed by atoms with Crippen LogP contribution in [0.2, 0.25) is 0 Å². The monoisotopic (exact) mass is 260 g/mol. The van der Waals surface area contributed by atoms with Crippen molar-refractivity contribution in [3.8, 4) is 0 Å². The second kappa shape index (κ2) is 7.03. The molecular weight excluding hydrogens is 246 g/mol. The standard InChI is InChI=1S/C12H14F2O4/c13-10-6-8(12(16)17)7-11(14)9(10)2-5-18-4-1-3-15/h6-7,15H,1-5H2,(H,16,17). The molecule has 2 N–H and O–H groups in total. The fourth-order valence-corrected chi connectivity index (χ4v) is 1.41. The minimum atomic E-state index is -1.38. The third-order valence-electron chi connectivity index (χ3n) is 2.33. The second-order valence-electron chi connectivity index (χ2n) is 3.66. The van der Waals surface area contributed by atoms with Crippen LogP contribution in [0.25, 0.3) is 0 Å². The summed E-state index contributed by atoms with van der Waals surface area (Å²) in [5, 5.41) is 17.1. The minimum absolute atomic E-state index is 0.00394. The van der Waals surface area contributed by atoms with Gasteiger partial charge in [0.15, 0.2) is 0 Å². The number of carboxylic acids is 1. The predicted octanol–water partition coefficient (Wildman–Crippen LogP) is 1.60. The molecule has 0 amide bonds. The number of hydrogen-bond donors (Lipinski definition) is 2. The Balaban J connectivity index is 2.63. The number of ether oxygens (including phenoxy) is 1. The fourth-order valence-electron chi connectivity index (χ4n) is 1.41. The van der Waals surface area contributed by atoms with Crippen LogP contribution in [0.15, 0.2) is 12.1 Å². The molecule has 0 atom stereocenters. The number of aliphatic hydroxyl groups is 1. The summed E-state index contributed by atoms with van der Waals surface area (Å²) in [6.07, 6.45) is 0.478. The SMILES string of the molecule is O=C(O)c1cc(F)c(CCOCCCO)c(F)c1. The highest BCUT2D eigenvalue weighted by molar-refractivity contribution is 5.87. The molecule has 100 valence electrons. The third kappa shape index (κ3) is 4.05. The number of benzene rings is 1. The van der Waals surface area contributed by atoms with Crippen LogP contribution in [0.4, 0.5) is 8.78 Å². The van der Waals surface area contributed by atoms with Crippen LogP contribution in [-0.4, -0.2) is 36.0 Å². The molecule has 0 radical (unpaired) electrons. The van der Waals surface area contributed by atoms with Crippen LogP contribution in [0.3, 0.4) is 0 Å². The summed E-state index contributed by atoms with van der Waals surface area (Å²) < 4.78 is 32.0.